The average Bonchev–Trinajstić information content (AvgIpc) is 3.15. The van der Waals surface area contributed by atoms with E-state index < -0.39 is 0 Å². The Bertz CT molecular complexity index is 1060. The van der Waals surface area contributed by atoms with Gasteiger partial charge in [0.25, 0.3) is 5.91 Å². The zero-order valence-corrected chi connectivity index (χ0v) is 18.7. The van der Waals surface area contributed by atoms with E-state index in [0.29, 0.717) is 46.8 Å². The normalized spacial score (nSPS) is 10.9. The van der Waals surface area contributed by atoms with E-state index in [2.05, 4.69) is 34.6 Å². The number of nitrogen functional groups attached to an aromatic ring is 1. The van der Waals surface area contributed by atoms with E-state index in [1.807, 2.05) is 44.2 Å². The first-order valence-electron chi connectivity index (χ1n) is 10.0. The van der Waals surface area contributed by atoms with Crippen LogP contribution in [0.25, 0.3) is 0 Å². The van der Waals surface area contributed by atoms with Gasteiger partial charge >= 0.3 is 0 Å². The van der Waals surface area contributed by atoms with Crippen LogP contribution >= 0.6 is 11.3 Å². The van der Waals surface area contributed by atoms with Crippen molar-refractivity contribution >= 4 is 28.6 Å². The van der Waals surface area contributed by atoms with Gasteiger partial charge in [0.1, 0.15) is 11.5 Å². The molecule has 1 amide bonds. The fourth-order valence-corrected chi connectivity index (χ4v) is 3.65. The molecule has 0 spiro atoms. The lowest BCUT2D eigenvalue weighted by molar-refractivity contribution is 0.0958. The summed E-state index contributed by atoms with van der Waals surface area (Å²) in [5, 5.41) is 4.42. The summed E-state index contributed by atoms with van der Waals surface area (Å²) in [6, 6.07) is 13.7. The number of nitrogens with zero attached hydrogens (tertiary/aromatic N) is 2. The van der Waals surface area contributed by atoms with Gasteiger partial charge in [-0.15, -0.1) is 0 Å². The van der Waals surface area contributed by atoms with Crippen molar-refractivity contribution in [2.75, 3.05) is 12.3 Å². The third-order valence-electron chi connectivity index (χ3n) is 4.42. The molecule has 0 bridgehead atoms. The summed E-state index contributed by atoms with van der Waals surface area (Å²) >= 11 is 1.15. The molecule has 162 valence electrons. The van der Waals surface area contributed by atoms with Crippen LogP contribution in [0, 0.1) is 6.92 Å². The molecule has 0 aliphatic carbocycles. The first-order valence-corrected chi connectivity index (χ1v) is 10.9. The van der Waals surface area contributed by atoms with Crippen molar-refractivity contribution in [3.8, 4) is 11.5 Å². The Balaban J connectivity index is 1.66. The molecule has 31 heavy (non-hydrogen) atoms. The maximum Gasteiger partial charge on any atom is 0.283 e. The molecule has 0 aliphatic rings. The highest BCUT2D eigenvalue weighted by molar-refractivity contribution is 7.17. The van der Waals surface area contributed by atoms with Gasteiger partial charge in [-0.25, -0.2) is 10.4 Å². The van der Waals surface area contributed by atoms with Gasteiger partial charge in [0.15, 0.2) is 16.6 Å². The lowest BCUT2D eigenvalue weighted by Gasteiger charge is -2.12. The van der Waals surface area contributed by atoms with E-state index in [-0.39, 0.29) is 5.91 Å². The van der Waals surface area contributed by atoms with Crippen LogP contribution in [0.15, 0.2) is 47.6 Å². The SMILES string of the molecule is CCOc1cc(C=NNC(=O)c2sc(N)nc2CC)ccc1OCc1ccc(C)cc1. The van der Waals surface area contributed by atoms with E-state index >= 15 is 0 Å². The van der Waals surface area contributed by atoms with E-state index in [4.69, 9.17) is 15.2 Å². The monoisotopic (exact) mass is 438 g/mol. The largest absolute Gasteiger partial charge is 0.490 e. The van der Waals surface area contributed by atoms with Crippen molar-refractivity contribution < 1.29 is 14.3 Å². The van der Waals surface area contributed by atoms with Crippen LogP contribution in [0.1, 0.15) is 45.9 Å². The number of nitrogens with one attached hydrogen (secondary N) is 1. The number of carbonyl (C=O) groups is 1. The fourth-order valence-electron chi connectivity index (χ4n) is 2.84. The Labute approximate surface area is 185 Å². The van der Waals surface area contributed by atoms with Crippen LogP contribution in [-0.2, 0) is 13.0 Å². The number of rotatable bonds is 9. The highest BCUT2D eigenvalue weighted by Crippen LogP contribution is 2.29. The number of ether oxygens (including phenoxy) is 2. The van der Waals surface area contributed by atoms with Crippen molar-refractivity contribution in [3.05, 3.63) is 69.7 Å². The highest BCUT2D eigenvalue weighted by atomic mass is 32.1. The molecule has 3 rings (SSSR count). The van der Waals surface area contributed by atoms with Crippen LogP contribution < -0.4 is 20.6 Å². The number of aromatic nitrogens is 1. The molecular weight excluding hydrogens is 412 g/mol. The molecule has 0 unspecified atom stereocenters. The van der Waals surface area contributed by atoms with Gasteiger partial charge in [0, 0.05) is 0 Å². The van der Waals surface area contributed by atoms with Crippen molar-refractivity contribution in [1.82, 2.24) is 10.4 Å². The van der Waals surface area contributed by atoms with Crippen molar-refractivity contribution in [1.29, 1.82) is 0 Å². The maximum absolute atomic E-state index is 12.3. The quantitative estimate of drug-likeness (QED) is 0.382. The molecule has 1 aromatic heterocycles. The minimum atomic E-state index is -0.328. The first-order chi connectivity index (χ1) is 15.0. The minimum Gasteiger partial charge on any atom is -0.490 e. The van der Waals surface area contributed by atoms with E-state index in [9.17, 15) is 4.79 Å². The van der Waals surface area contributed by atoms with E-state index in [1.165, 1.54) is 5.56 Å². The first kappa shape index (κ1) is 22.3. The van der Waals surface area contributed by atoms with Gasteiger partial charge in [-0.2, -0.15) is 5.10 Å². The van der Waals surface area contributed by atoms with E-state index in [1.54, 1.807) is 6.21 Å². The smallest absolute Gasteiger partial charge is 0.283 e. The standard InChI is InChI=1S/C23H26N4O3S/c1-4-18-21(31-23(24)26-18)22(28)27-25-13-17-10-11-19(20(12-17)29-5-2)30-14-16-8-6-15(3)7-9-16/h6-13H,4-5,14H2,1-3H3,(H2,24,26)(H,27,28). The summed E-state index contributed by atoms with van der Waals surface area (Å²) in [6.45, 7) is 6.84. The van der Waals surface area contributed by atoms with Gasteiger partial charge in [0.05, 0.1) is 18.5 Å². The molecule has 0 aliphatic heterocycles. The molecule has 0 saturated heterocycles. The summed E-state index contributed by atoms with van der Waals surface area (Å²) in [5.74, 6) is 0.940. The molecule has 0 atom stereocenters. The van der Waals surface area contributed by atoms with Crippen molar-refractivity contribution in [3.63, 3.8) is 0 Å². The number of hydrogen-bond acceptors (Lipinski definition) is 7. The number of anilines is 1. The summed E-state index contributed by atoms with van der Waals surface area (Å²) in [4.78, 5) is 17.0. The Morgan fingerprint density at radius 2 is 1.94 bits per heavy atom. The lowest BCUT2D eigenvalue weighted by atomic mass is 10.2. The predicted octanol–water partition coefficient (Wildman–Crippen LogP) is 4.34. The number of nitrogens with two attached hydrogens (primary N) is 1. The van der Waals surface area contributed by atoms with Crippen molar-refractivity contribution in [2.24, 2.45) is 5.10 Å². The number of amides is 1. The highest BCUT2D eigenvalue weighted by Gasteiger charge is 2.15. The second kappa shape index (κ2) is 10.6. The maximum atomic E-state index is 12.3. The van der Waals surface area contributed by atoms with Crippen LogP contribution in [0.3, 0.4) is 0 Å². The van der Waals surface area contributed by atoms with Crippen LogP contribution in [0.4, 0.5) is 5.13 Å². The molecule has 3 N–H and O–H groups in total. The van der Waals surface area contributed by atoms with Gasteiger partial charge in [-0.3, -0.25) is 4.79 Å². The summed E-state index contributed by atoms with van der Waals surface area (Å²) in [6.07, 6.45) is 2.18. The minimum absolute atomic E-state index is 0.328. The van der Waals surface area contributed by atoms with Crippen LogP contribution in [0.5, 0.6) is 11.5 Å². The number of hydrazone groups is 1. The molecule has 2 aromatic carbocycles. The Hall–Kier alpha value is -3.39. The molecule has 1 heterocycles. The third-order valence-corrected chi connectivity index (χ3v) is 5.34. The average molecular weight is 439 g/mol. The second-order valence-electron chi connectivity index (χ2n) is 6.79. The number of carbonyl (C=O) groups excluding carboxylic acids is 1. The molecule has 0 radical (unpaired) electrons. The zero-order valence-electron chi connectivity index (χ0n) is 17.8. The number of hydrogen-bond donors (Lipinski definition) is 2. The van der Waals surface area contributed by atoms with Crippen LogP contribution in [-0.4, -0.2) is 23.7 Å². The summed E-state index contributed by atoms with van der Waals surface area (Å²) < 4.78 is 11.7. The molecular formula is C23H26N4O3S. The topological polar surface area (TPSA) is 98.8 Å². The van der Waals surface area contributed by atoms with Crippen molar-refractivity contribution in [2.45, 2.75) is 33.8 Å². The Morgan fingerprint density at radius 1 is 1.16 bits per heavy atom. The fraction of sp³-hybridized carbons (Fsp3) is 0.261. The Morgan fingerprint density at radius 3 is 2.65 bits per heavy atom. The number of thiazole rings is 1. The number of aryl methyl sites for hydroxylation is 2. The van der Waals surface area contributed by atoms with E-state index in [0.717, 1.165) is 22.5 Å². The third kappa shape index (κ3) is 6.05. The zero-order chi connectivity index (χ0) is 22.2. The van der Waals surface area contributed by atoms with Gasteiger partial charge in [-0.1, -0.05) is 48.1 Å². The Kier molecular flexibility index (Phi) is 7.61. The van der Waals surface area contributed by atoms with Gasteiger partial charge in [0.2, 0.25) is 0 Å². The molecule has 8 heteroatoms. The summed E-state index contributed by atoms with van der Waals surface area (Å²) in [5.41, 5.74) is 12.0. The summed E-state index contributed by atoms with van der Waals surface area (Å²) in [7, 11) is 0. The van der Waals surface area contributed by atoms with Crippen LogP contribution in [0.2, 0.25) is 0 Å². The van der Waals surface area contributed by atoms with Gasteiger partial charge < -0.3 is 15.2 Å². The van der Waals surface area contributed by atoms with Gasteiger partial charge in [-0.05, 0) is 49.6 Å². The number of benzene rings is 2. The molecule has 7 nitrogen and oxygen atoms in total. The predicted molar refractivity (Wildman–Crippen MR) is 124 cm³/mol. The molecule has 3 aromatic rings. The molecule has 0 saturated carbocycles. The second-order valence-corrected chi connectivity index (χ2v) is 7.82. The molecule has 0 fully saturated rings. The lowest BCUT2D eigenvalue weighted by Crippen LogP contribution is -2.17.